The molecular weight excluding hydrogens is 296 g/mol. The number of likely N-dealkylation sites (tertiary alicyclic amines) is 1. The van der Waals surface area contributed by atoms with E-state index in [-0.39, 0.29) is 13.1 Å². The van der Waals surface area contributed by atoms with Gasteiger partial charge in [-0.05, 0) is 34.6 Å². The van der Waals surface area contributed by atoms with E-state index in [4.69, 9.17) is 9.47 Å². The Hall–Kier alpha value is -1.82. The first kappa shape index (κ1) is 17.5. The van der Waals surface area contributed by atoms with Gasteiger partial charge in [0.1, 0.15) is 17.0 Å². The number of rotatable bonds is 3. The molecule has 1 aliphatic rings. The molecule has 23 heavy (non-hydrogen) atoms. The SMILES string of the molecule is COc1c(C)cnc(CC2(O)CN(C(=O)OC(C)(C)C)C2)c1C. The highest BCUT2D eigenvalue weighted by Gasteiger charge is 2.45. The fourth-order valence-corrected chi connectivity index (χ4v) is 2.79. The number of aliphatic hydroxyl groups is 1. The standard InChI is InChI=1S/C17H26N2O4/c1-11-8-18-13(12(2)14(11)22-6)7-17(21)9-19(10-17)15(20)23-16(3,4)5/h8,21H,7,9-10H2,1-6H3. The van der Waals surface area contributed by atoms with E-state index in [1.54, 1.807) is 13.3 Å². The Labute approximate surface area is 137 Å². The van der Waals surface area contributed by atoms with Crippen LogP contribution in [0.5, 0.6) is 5.75 Å². The van der Waals surface area contributed by atoms with Crippen LogP contribution in [-0.2, 0) is 11.2 Å². The molecule has 6 heteroatoms. The van der Waals surface area contributed by atoms with Gasteiger partial charge in [-0.25, -0.2) is 4.79 Å². The largest absolute Gasteiger partial charge is 0.496 e. The van der Waals surface area contributed by atoms with Crippen molar-refractivity contribution in [2.45, 2.75) is 52.2 Å². The molecule has 0 bridgehead atoms. The van der Waals surface area contributed by atoms with Crippen LogP contribution < -0.4 is 4.74 Å². The Balaban J connectivity index is 2.02. The quantitative estimate of drug-likeness (QED) is 0.924. The predicted octanol–water partition coefficient (Wildman–Crippen LogP) is 2.23. The zero-order valence-electron chi connectivity index (χ0n) is 14.8. The molecule has 2 rings (SSSR count). The van der Waals surface area contributed by atoms with Crippen LogP contribution >= 0.6 is 0 Å². The second kappa shape index (κ2) is 6.00. The lowest BCUT2D eigenvalue weighted by molar-refractivity contribution is -0.0978. The van der Waals surface area contributed by atoms with Crippen LogP contribution in [0.1, 0.15) is 37.6 Å². The van der Waals surface area contributed by atoms with E-state index in [1.165, 1.54) is 4.90 Å². The van der Waals surface area contributed by atoms with Crippen LogP contribution in [0.25, 0.3) is 0 Å². The number of hydrogen-bond donors (Lipinski definition) is 1. The minimum atomic E-state index is -0.963. The summed E-state index contributed by atoms with van der Waals surface area (Å²) >= 11 is 0. The third-order valence-electron chi connectivity index (χ3n) is 3.87. The number of ether oxygens (including phenoxy) is 2. The minimum absolute atomic E-state index is 0.249. The lowest BCUT2D eigenvalue weighted by atomic mass is 9.88. The van der Waals surface area contributed by atoms with Crippen molar-refractivity contribution in [2.75, 3.05) is 20.2 Å². The fourth-order valence-electron chi connectivity index (χ4n) is 2.79. The van der Waals surface area contributed by atoms with Crippen LogP contribution in [0.2, 0.25) is 0 Å². The summed E-state index contributed by atoms with van der Waals surface area (Å²) in [6, 6.07) is 0. The zero-order chi connectivity index (χ0) is 17.4. The van der Waals surface area contributed by atoms with E-state index < -0.39 is 17.3 Å². The highest BCUT2D eigenvalue weighted by atomic mass is 16.6. The second-order valence-electron chi connectivity index (χ2n) is 7.28. The van der Waals surface area contributed by atoms with Crippen molar-refractivity contribution >= 4 is 6.09 Å². The van der Waals surface area contributed by atoms with Gasteiger partial charge in [0.2, 0.25) is 0 Å². The molecule has 0 aliphatic carbocycles. The third-order valence-corrected chi connectivity index (χ3v) is 3.87. The van der Waals surface area contributed by atoms with Gasteiger partial charge in [-0.15, -0.1) is 0 Å². The number of amides is 1. The van der Waals surface area contributed by atoms with Gasteiger partial charge in [0.15, 0.2) is 0 Å². The van der Waals surface area contributed by atoms with Gasteiger partial charge in [0.25, 0.3) is 0 Å². The smallest absolute Gasteiger partial charge is 0.410 e. The third kappa shape index (κ3) is 3.93. The van der Waals surface area contributed by atoms with E-state index in [0.29, 0.717) is 6.42 Å². The first-order chi connectivity index (χ1) is 10.5. The van der Waals surface area contributed by atoms with Gasteiger partial charge < -0.3 is 19.5 Å². The molecule has 0 unspecified atom stereocenters. The van der Waals surface area contributed by atoms with Crippen LogP contribution in [0, 0.1) is 13.8 Å². The number of aryl methyl sites for hydroxylation is 1. The second-order valence-corrected chi connectivity index (χ2v) is 7.28. The van der Waals surface area contributed by atoms with Crippen molar-refractivity contribution in [3.8, 4) is 5.75 Å². The van der Waals surface area contributed by atoms with Crippen molar-refractivity contribution in [1.29, 1.82) is 0 Å². The van der Waals surface area contributed by atoms with Gasteiger partial charge in [0.05, 0.1) is 20.2 Å². The van der Waals surface area contributed by atoms with Crippen LogP contribution in [0.4, 0.5) is 4.79 Å². The van der Waals surface area contributed by atoms with E-state index in [0.717, 1.165) is 22.6 Å². The first-order valence-electron chi connectivity index (χ1n) is 7.74. The van der Waals surface area contributed by atoms with Gasteiger partial charge in [-0.1, -0.05) is 0 Å². The van der Waals surface area contributed by atoms with Crippen LogP contribution in [0.3, 0.4) is 0 Å². The molecular formula is C17H26N2O4. The zero-order valence-corrected chi connectivity index (χ0v) is 14.8. The summed E-state index contributed by atoms with van der Waals surface area (Å²) in [6.45, 7) is 9.83. The molecule has 1 aromatic heterocycles. The number of aromatic nitrogens is 1. The molecule has 1 fully saturated rings. The summed E-state index contributed by atoms with van der Waals surface area (Å²) in [5.41, 5.74) is 1.18. The number of carbonyl (C=O) groups is 1. The Morgan fingerprint density at radius 1 is 1.39 bits per heavy atom. The highest BCUT2D eigenvalue weighted by Crippen LogP contribution is 2.30. The molecule has 0 saturated carbocycles. The van der Waals surface area contributed by atoms with Crippen molar-refractivity contribution in [2.24, 2.45) is 0 Å². The molecule has 2 heterocycles. The van der Waals surface area contributed by atoms with Crippen LogP contribution in [-0.4, -0.2) is 52.5 Å². The molecule has 1 aliphatic heterocycles. The van der Waals surface area contributed by atoms with Crippen molar-refractivity contribution in [3.05, 3.63) is 23.0 Å². The van der Waals surface area contributed by atoms with Crippen LogP contribution in [0.15, 0.2) is 6.20 Å². The summed E-state index contributed by atoms with van der Waals surface area (Å²) in [7, 11) is 1.63. The predicted molar refractivity (Wildman–Crippen MR) is 86.7 cm³/mol. The molecule has 1 aromatic rings. The normalized spacial score (nSPS) is 16.7. The minimum Gasteiger partial charge on any atom is -0.496 e. The number of hydrogen-bond acceptors (Lipinski definition) is 5. The Morgan fingerprint density at radius 3 is 2.52 bits per heavy atom. The maximum Gasteiger partial charge on any atom is 0.410 e. The van der Waals surface area contributed by atoms with Gasteiger partial charge >= 0.3 is 6.09 Å². The topological polar surface area (TPSA) is 71.9 Å². The number of pyridine rings is 1. The van der Waals surface area contributed by atoms with Crippen molar-refractivity contribution in [1.82, 2.24) is 9.88 Å². The number of nitrogens with zero attached hydrogens (tertiary/aromatic N) is 2. The summed E-state index contributed by atoms with van der Waals surface area (Å²) in [4.78, 5) is 17.9. The molecule has 0 radical (unpaired) electrons. The van der Waals surface area contributed by atoms with Gasteiger partial charge in [-0.3, -0.25) is 4.98 Å². The summed E-state index contributed by atoms with van der Waals surface area (Å²) in [6.07, 6.45) is 1.73. The fraction of sp³-hybridized carbons (Fsp3) is 0.647. The Bertz CT molecular complexity index is 601. The van der Waals surface area contributed by atoms with Gasteiger partial charge in [-0.2, -0.15) is 0 Å². The molecule has 0 atom stereocenters. The molecule has 1 saturated heterocycles. The monoisotopic (exact) mass is 322 g/mol. The summed E-state index contributed by atoms with van der Waals surface area (Å²) in [5, 5.41) is 10.6. The van der Waals surface area contributed by atoms with E-state index in [2.05, 4.69) is 4.98 Å². The Kier molecular flexibility index (Phi) is 4.57. The lowest BCUT2D eigenvalue weighted by Gasteiger charge is -2.46. The lowest BCUT2D eigenvalue weighted by Crippen LogP contribution is -2.65. The highest BCUT2D eigenvalue weighted by molar-refractivity contribution is 5.69. The average molecular weight is 322 g/mol. The number of carbonyl (C=O) groups excluding carboxylic acids is 1. The molecule has 6 nitrogen and oxygen atoms in total. The molecule has 1 N–H and O–H groups in total. The van der Waals surface area contributed by atoms with E-state index in [1.807, 2.05) is 34.6 Å². The van der Waals surface area contributed by atoms with E-state index in [9.17, 15) is 9.90 Å². The molecule has 1 amide bonds. The summed E-state index contributed by atoms with van der Waals surface area (Å²) < 4.78 is 10.7. The Morgan fingerprint density at radius 2 is 2.00 bits per heavy atom. The number of β-amino-alcohol motifs (C(OH)–C–C–N with tert-alkyl or cyclic N) is 1. The summed E-state index contributed by atoms with van der Waals surface area (Å²) in [5.74, 6) is 0.793. The van der Waals surface area contributed by atoms with Crippen molar-refractivity contribution < 1.29 is 19.4 Å². The van der Waals surface area contributed by atoms with E-state index >= 15 is 0 Å². The van der Waals surface area contributed by atoms with Gasteiger partial charge in [0, 0.05) is 29.4 Å². The molecule has 0 spiro atoms. The number of methoxy groups -OCH3 is 1. The molecule has 128 valence electrons. The maximum absolute atomic E-state index is 12.0. The van der Waals surface area contributed by atoms with Crippen molar-refractivity contribution in [3.63, 3.8) is 0 Å². The first-order valence-corrected chi connectivity index (χ1v) is 7.74. The average Bonchev–Trinajstić information content (AvgIpc) is 2.38. The maximum atomic E-state index is 12.0. The molecule has 0 aromatic carbocycles.